The molecule has 0 heterocycles. The number of nitrogens with one attached hydrogen (secondary N) is 2. The number of carbonyl (C=O) groups excluding carboxylic acids is 2. The van der Waals surface area contributed by atoms with Crippen LogP contribution in [-0.2, 0) is 9.59 Å². The highest BCUT2D eigenvalue weighted by Gasteiger charge is 2.81. The van der Waals surface area contributed by atoms with Gasteiger partial charge in [-0.15, -0.1) is 0 Å². The fraction of sp³-hybridized carbons (Fsp3) is 0.562. The molecule has 38 heavy (non-hydrogen) atoms. The molecule has 6 unspecified atom stereocenters. The molecular weight excluding hydrogens is 604 g/mol. The number of fused-ring (bicyclic) bond motifs is 2. The highest BCUT2D eigenvalue weighted by molar-refractivity contribution is 9.09. The molecule has 202 valence electrons. The molecule has 6 atom stereocenters. The van der Waals surface area contributed by atoms with Crippen molar-refractivity contribution >= 4 is 55.0 Å². The molecular formula is C32H38Br2N2O2. The highest BCUT2D eigenvalue weighted by atomic mass is 79.9. The van der Waals surface area contributed by atoms with Gasteiger partial charge in [-0.25, -0.2) is 0 Å². The lowest BCUT2D eigenvalue weighted by Gasteiger charge is -2.64. The fourth-order valence-electron chi connectivity index (χ4n) is 8.89. The summed E-state index contributed by atoms with van der Waals surface area (Å²) >= 11 is 7.73. The van der Waals surface area contributed by atoms with E-state index in [2.05, 4.69) is 84.0 Å². The lowest BCUT2D eigenvalue weighted by Crippen LogP contribution is -2.68. The van der Waals surface area contributed by atoms with Crippen LogP contribution in [0.2, 0.25) is 0 Å². The van der Waals surface area contributed by atoms with Gasteiger partial charge in [0.25, 0.3) is 0 Å². The molecule has 2 aromatic carbocycles. The topological polar surface area (TPSA) is 58.2 Å². The van der Waals surface area contributed by atoms with E-state index in [1.54, 1.807) is 0 Å². The molecule has 6 heteroatoms. The quantitative estimate of drug-likeness (QED) is 0.322. The summed E-state index contributed by atoms with van der Waals surface area (Å²) in [6.45, 7) is 13.6. The number of alkyl halides is 2. The number of hydrogen-bond acceptors (Lipinski definition) is 2. The molecule has 6 aliphatic rings. The summed E-state index contributed by atoms with van der Waals surface area (Å²) in [7, 11) is 0. The maximum absolute atomic E-state index is 13.4. The first-order chi connectivity index (χ1) is 17.7. The third-order valence-electron chi connectivity index (χ3n) is 12.6. The van der Waals surface area contributed by atoms with Crippen molar-refractivity contribution in [3.8, 4) is 11.1 Å². The Morgan fingerprint density at radius 3 is 1.16 bits per heavy atom. The van der Waals surface area contributed by atoms with Crippen LogP contribution in [0.3, 0.4) is 0 Å². The van der Waals surface area contributed by atoms with Crippen LogP contribution in [0.25, 0.3) is 11.1 Å². The van der Waals surface area contributed by atoms with Gasteiger partial charge in [-0.05, 0) is 82.7 Å². The third-order valence-corrected chi connectivity index (χ3v) is 16.2. The molecule has 2 amide bonds. The second kappa shape index (κ2) is 7.96. The Balaban J connectivity index is 1.12. The number of benzene rings is 2. The smallest absolute Gasteiger partial charge is 0.232 e. The van der Waals surface area contributed by atoms with Crippen molar-refractivity contribution in [3.63, 3.8) is 0 Å². The molecule has 2 aromatic rings. The summed E-state index contributed by atoms with van der Waals surface area (Å²) in [5, 5.41) is 6.40. The van der Waals surface area contributed by atoms with E-state index in [1.165, 1.54) is 0 Å². The van der Waals surface area contributed by atoms with Crippen molar-refractivity contribution in [3.05, 3.63) is 48.5 Å². The monoisotopic (exact) mass is 640 g/mol. The molecule has 6 aliphatic carbocycles. The van der Waals surface area contributed by atoms with Crippen LogP contribution in [0.4, 0.5) is 11.4 Å². The van der Waals surface area contributed by atoms with Crippen LogP contribution in [0.1, 0.15) is 67.2 Å². The van der Waals surface area contributed by atoms with E-state index < -0.39 is 0 Å². The molecule has 0 spiro atoms. The predicted molar refractivity (Wildman–Crippen MR) is 162 cm³/mol. The van der Waals surface area contributed by atoms with E-state index in [4.69, 9.17) is 0 Å². The van der Waals surface area contributed by atoms with Crippen molar-refractivity contribution < 1.29 is 9.59 Å². The second-order valence-electron chi connectivity index (χ2n) is 13.8. The van der Waals surface area contributed by atoms with Gasteiger partial charge in [-0.1, -0.05) is 97.7 Å². The van der Waals surface area contributed by atoms with Gasteiger partial charge in [-0.2, -0.15) is 0 Å². The standard InChI is InChI=1S/C32H38Br2N2O2/c1-27(2)29(5)15-17-31(27,23(29)33)25(37)35-21-11-7-19(8-12-21)20-9-13-22(14-10-20)36-26(38)32-18-16-30(6,24(32)34)28(32,3)4/h7-14,23-24H,15-18H2,1-6H3,(H,35,37)(H,36,38). The Labute approximate surface area is 243 Å². The number of hydrogen-bond donors (Lipinski definition) is 2. The average molecular weight is 642 g/mol. The van der Waals surface area contributed by atoms with Gasteiger partial charge < -0.3 is 10.6 Å². The zero-order valence-corrected chi connectivity index (χ0v) is 26.3. The van der Waals surface area contributed by atoms with Gasteiger partial charge in [0.1, 0.15) is 0 Å². The van der Waals surface area contributed by atoms with Crippen molar-refractivity contribution in [2.45, 2.75) is 76.9 Å². The number of halogens is 2. The van der Waals surface area contributed by atoms with Gasteiger partial charge in [0.15, 0.2) is 0 Å². The van der Waals surface area contributed by atoms with E-state index >= 15 is 0 Å². The van der Waals surface area contributed by atoms with Crippen LogP contribution in [0.15, 0.2) is 48.5 Å². The molecule has 0 saturated heterocycles. The summed E-state index contributed by atoms with van der Waals surface area (Å²) < 4.78 is 0. The predicted octanol–water partition coefficient (Wildman–Crippen LogP) is 8.41. The summed E-state index contributed by atoms with van der Waals surface area (Å²) in [5.74, 6) is 0.240. The van der Waals surface area contributed by atoms with Crippen molar-refractivity contribution in [1.82, 2.24) is 0 Å². The molecule has 4 nitrogen and oxygen atoms in total. The average Bonchev–Trinajstić information content (AvgIpc) is 3.50. The Morgan fingerprint density at radius 2 is 0.921 bits per heavy atom. The number of carbonyl (C=O) groups is 2. The molecule has 6 saturated carbocycles. The molecule has 8 rings (SSSR count). The summed E-state index contributed by atoms with van der Waals surface area (Å²) in [6.07, 6.45) is 4.00. The van der Waals surface area contributed by atoms with Gasteiger partial charge in [0.05, 0.1) is 10.8 Å². The second-order valence-corrected chi connectivity index (χ2v) is 15.6. The van der Waals surface area contributed by atoms with Crippen molar-refractivity contribution in [1.29, 1.82) is 0 Å². The lowest BCUT2D eigenvalue weighted by molar-refractivity contribution is -0.156. The normalized spacial score (nSPS) is 39.2. The minimum atomic E-state index is -0.360. The molecule has 0 radical (unpaired) electrons. The van der Waals surface area contributed by atoms with E-state index in [1.807, 2.05) is 48.5 Å². The molecule has 6 fully saturated rings. The lowest BCUT2D eigenvalue weighted by atomic mass is 9.43. The first-order valence-corrected chi connectivity index (χ1v) is 15.6. The van der Waals surface area contributed by atoms with E-state index in [0.717, 1.165) is 48.2 Å². The largest absolute Gasteiger partial charge is 0.326 e. The number of amides is 2. The maximum atomic E-state index is 13.4. The minimum Gasteiger partial charge on any atom is -0.326 e. The summed E-state index contributed by atoms with van der Waals surface area (Å²) in [6, 6.07) is 16.1. The SMILES string of the molecule is CC12CCC(C(=O)Nc3ccc(-c4ccc(NC(=O)C56CCC(C)(C5Br)C6(C)C)cc4)cc3)(C1Br)C2(C)C. The first kappa shape index (κ1) is 26.6. The fourth-order valence-corrected chi connectivity index (χ4v) is 12.5. The third kappa shape index (κ3) is 2.82. The Morgan fingerprint density at radius 1 is 0.605 bits per heavy atom. The van der Waals surface area contributed by atoms with Crippen LogP contribution in [0.5, 0.6) is 0 Å². The van der Waals surface area contributed by atoms with Gasteiger partial charge in [0.2, 0.25) is 11.8 Å². The van der Waals surface area contributed by atoms with E-state index in [-0.39, 0.29) is 54.0 Å². The zero-order chi connectivity index (χ0) is 27.5. The van der Waals surface area contributed by atoms with E-state index in [0.29, 0.717) is 0 Å². The number of anilines is 2. The van der Waals surface area contributed by atoms with Gasteiger partial charge >= 0.3 is 0 Å². The number of rotatable bonds is 5. The van der Waals surface area contributed by atoms with Crippen molar-refractivity contribution in [2.24, 2.45) is 32.5 Å². The van der Waals surface area contributed by atoms with E-state index in [9.17, 15) is 9.59 Å². The summed E-state index contributed by atoms with van der Waals surface area (Å²) in [4.78, 5) is 27.3. The van der Waals surface area contributed by atoms with Gasteiger partial charge in [-0.3, -0.25) is 9.59 Å². The summed E-state index contributed by atoms with van der Waals surface area (Å²) in [5.41, 5.74) is 3.34. The van der Waals surface area contributed by atoms with Crippen LogP contribution in [0, 0.1) is 32.5 Å². The highest BCUT2D eigenvalue weighted by Crippen LogP contribution is 2.81. The Hall–Kier alpha value is -1.66. The minimum absolute atomic E-state index is 0.0315. The van der Waals surface area contributed by atoms with Crippen molar-refractivity contribution in [2.75, 3.05) is 10.6 Å². The Bertz CT molecular complexity index is 1230. The molecule has 0 aliphatic heterocycles. The van der Waals surface area contributed by atoms with Gasteiger partial charge in [0, 0.05) is 21.0 Å². The molecule has 4 bridgehead atoms. The molecule has 0 aromatic heterocycles. The van der Waals surface area contributed by atoms with Crippen LogP contribution >= 0.6 is 31.9 Å². The first-order valence-electron chi connectivity index (χ1n) is 13.8. The maximum Gasteiger partial charge on any atom is 0.232 e. The van der Waals surface area contributed by atoms with Crippen LogP contribution in [-0.4, -0.2) is 21.5 Å². The van der Waals surface area contributed by atoms with Crippen LogP contribution < -0.4 is 10.6 Å². The molecule has 2 N–H and O–H groups in total. The Kier molecular flexibility index (Phi) is 5.57. The zero-order valence-electron chi connectivity index (χ0n) is 23.2.